The van der Waals surface area contributed by atoms with Gasteiger partial charge in [-0.2, -0.15) is 11.8 Å². The summed E-state index contributed by atoms with van der Waals surface area (Å²) in [5, 5.41) is 5.85. The van der Waals surface area contributed by atoms with Gasteiger partial charge in [-0.15, -0.1) is 0 Å². The highest BCUT2D eigenvalue weighted by Crippen LogP contribution is 2.31. The van der Waals surface area contributed by atoms with Gasteiger partial charge in [-0.3, -0.25) is 9.59 Å². The molecule has 0 radical (unpaired) electrons. The summed E-state index contributed by atoms with van der Waals surface area (Å²) in [6.45, 7) is 11.8. The van der Waals surface area contributed by atoms with Crippen LogP contribution in [-0.4, -0.2) is 60.1 Å². The first-order valence-electron chi connectivity index (χ1n) is 14.7. The number of hydrogen-bond donors (Lipinski definition) is 2. The minimum atomic E-state index is -0.903. The van der Waals surface area contributed by atoms with Crippen LogP contribution in [0.15, 0.2) is 42.5 Å². The summed E-state index contributed by atoms with van der Waals surface area (Å²) in [5.74, 6) is 0.713. The molecule has 42 heavy (non-hydrogen) atoms. The van der Waals surface area contributed by atoms with E-state index in [0.29, 0.717) is 30.2 Å². The van der Waals surface area contributed by atoms with E-state index in [-0.39, 0.29) is 11.8 Å². The van der Waals surface area contributed by atoms with Crippen LogP contribution in [0.3, 0.4) is 0 Å². The molecule has 2 aromatic rings. The Morgan fingerprint density at radius 2 is 1.62 bits per heavy atom. The molecule has 9 heteroatoms. The molecule has 232 valence electrons. The molecule has 2 unspecified atom stereocenters. The van der Waals surface area contributed by atoms with Crippen molar-refractivity contribution in [3.63, 3.8) is 0 Å². The number of unbranched alkanes of at least 4 members (excludes halogenated alkanes) is 3. The van der Waals surface area contributed by atoms with E-state index in [1.54, 1.807) is 68.8 Å². The van der Waals surface area contributed by atoms with Crippen molar-refractivity contribution < 1.29 is 23.9 Å². The van der Waals surface area contributed by atoms with Gasteiger partial charge in [-0.1, -0.05) is 44.4 Å². The third-order valence-electron chi connectivity index (χ3n) is 6.87. The number of carbonyl (C=O) groups excluding carboxylic acids is 3. The van der Waals surface area contributed by atoms with Gasteiger partial charge in [0.25, 0.3) is 5.91 Å². The van der Waals surface area contributed by atoms with Gasteiger partial charge in [0, 0.05) is 12.2 Å². The maximum atomic E-state index is 14.4. The molecule has 0 aromatic heterocycles. The van der Waals surface area contributed by atoms with Crippen molar-refractivity contribution in [2.45, 2.75) is 91.3 Å². The average Bonchev–Trinajstić information content (AvgIpc) is 2.92. The third kappa shape index (κ3) is 10.9. The van der Waals surface area contributed by atoms with E-state index < -0.39 is 23.8 Å². The topological polar surface area (TPSA) is 97.0 Å². The molecule has 0 fully saturated rings. The average molecular weight is 600 g/mol. The molecule has 0 saturated carbocycles. The number of benzene rings is 2. The highest BCUT2D eigenvalue weighted by Gasteiger charge is 2.37. The van der Waals surface area contributed by atoms with Crippen LogP contribution in [0.5, 0.6) is 5.75 Å². The van der Waals surface area contributed by atoms with Gasteiger partial charge in [0.1, 0.15) is 23.4 Å². The summed E-state index contributed by atoms with van der Waals surface area (Å²) < 4.78 is 10.8. The maximum absolute atomic E-state index is 14.4. The molecule has 2 rings (SSSR count). The van der Waals surface area contributed by atoms with Crippen molar-refractivity contribution in [3.05, 3.63) is 59.2 Å². The van der Waals surface area contributed by atoms with Crippen molar-refractivity contribution in [1.29, 1.82) is 0 Å². The van der Waals surface area contributed by atoms with E-state index in [2.05, 4.69) is 17.6 Å². The number of rotatable bonds is 15. The fourth-order valence-electron chi connectivity index (χ4n) is 4.79. The molecular weight excluding hydrogens is 550 g/mol. The number of alkyl carbamates (subject to hydrolysis) is 1. The molecule has 0 bridgehead atoms. The molecular formula is C33H49N3O5S. The van der Waals surface area contributed by atoms with Crippen LogP contribution >= 0.6 is 11.8 Å². The number of nitrogens with one attached hydrogen (secondary N) is 2. The van der Waals surface area contributed by atoms with Crippen molar-refractivity contribution in [2.75, 3.05) is 31.0 Å². The summed E-state index contributed by atoms with van der Waals surface area (Å²) in [6, 6.07) is 11.2. The van der Waals surface area contributed by atoms with Crippen LogP contribution in [-0.2, 0) is 14.3 Å². The SMILES string of the molecule is CCCCCCN(C(=O)C(CCSC)NC(=O)OC(C)(C)C)C(C(=O)Nc1ccc(OC)cc1)c1c(C)cccc1C. The Balaban J connectivity index is 2.58. The van der Waals surface area contributed by atoms with Crippen LogP contribution in [0.4, 0.5) is 10.5 Å². The summed E-state index contributed by atoms with van der Waals surface area (Å²) in [6.07, 6.45) is 5.44. The predicted octanol–water partition coefficient (Wildman–Crippen LogP) is 7.05. The van der Waals surface area contributed by atoms with Crippen molar-refractivity contribution >= 4 is 35.4 Å². The van der Waals surface area contributed by atoms with Crippen LogP contribution in [0, 0.1) is 13.8 Å². The van der Waals surface area contributed by atoms with Gasteiger partial charge in [0.15, 0.2) is 0 Å². The monoisotopic (exact) mass is 599 g/mol. The number of ether oxygens (including phenoxy) is 2. The quantitative estimate of drug-likeness (QED) is 0.213. The van der Waals surface area contributed by atoms with E-state index in [1.165, 1.54) is 0 Å². The Morgan fingerprint density at radius 3 is 2.17 bits per heavy atom. The summed E-state index contributed by atoms with van der Waals surface area (Å²) in [7, 11) is 1.59. The normalized spacial score (nSPS) is 12.7. The Labute approximate surface area is 256 Å². The van der Waals surface area contributed by atoms with Gasteiger partial charge in [0.05, 0.1) is 7.11 Å². The highest BCUT2D eigenvalue weighted by atomic mass is 32.2. The lowest BCUT2D eigenvalue weighted by Crippen LogP contribution is -2.53. The first-order chi connectivity index (χ1) is 19.9. The van der Waals surface area contributed by atoms with Crippen LogP contribution in [0.2, 0.25) is 0 Å². The third-order valence-corrected chi connectivity index (χ3v) is 7.51. The number of carbonyl (C=O) groups is 3. The Kier molecular flexibility index (Phi) is 14.2. The van der Waals surface area contributed by atoms with E-state index in [1.807, 2.05) is 38.3 Å². The number of aryl methyl sites for hydroxylation is 2. The number of amides is 3. The molecule has 8 nitrogen and oxygen atoms in total. The molecule has 0 heterocycles. The minimum Gasteiger partial charge on any atom is -0.497 e. The van der Waals surface area contributed by atoms with Gasteiger partial charge >= 0.3 is 6.09 Å². The molecule has 3 amide bonds. The first-order valence-corrected chi connectivity index (χ1v) is 16.1. The number of thioether (sulfide) groups is 1. The lowest BCUT2D eigenvalue weighted by molar-refractivity contribution is -0.141. The number of methoxy groups -OCH3 is 1. The van der Waals surface area contributed by atoms with E-state index in [0.717, 1.165) is 42.4 Å². The minimum absolute atomic E-state index is 0.302. The van der Waals surface area contributed by atoms with Gasteiger partial charge in [-0.25, -0.2) is 4.79 Å². The molecule has 2 aromatic carbocycles. The molecule has 0 aliphatic rings. The summed E-state index contributed by atoms with van der Waals surface area (Å²) in [4.78, 5) is 43.1. The fourth-order valence-corrected chi connectivity index (χ4v) is 5.26. The van der Waals surface area contributed by atoms with Crippen molar-refractivity contribution in [3.8, 4) is 5.75 Å². The largest absolute Gasteiger partial charge is 0.497 e. The van der Waals surface area contributed by atoms with Crippen molar-refractivity contribution in [2.24, 2.45) is 0 Å². The molecule has 2 atom stereocenters. The second-order valence-corrected chi connectivity index (χ2v) is 12.5. The van der Waals surface area contributed by atoms with Crippen LogP contribution in [0.25, 0.3) is 0 Å². The van der Waals surface area contributed by atoms with Crippen LogP contribution in [0.1, 0.15) is 82.5 Å². The zero-order valence-electron chi connectivity index (χ0n) is 26.5. The second kappa shape index (κ2) is 17.0. The van der Waals surface area contributed by atoms with Gasteiger partial charge in [-0.05, 0) is 100 Å². The first kappa shape index (κ1) is 35.0. The Morgan fingerprint density at radius 1 is 0.976 bits per heavy atom. The van der Waals surface area contributed by atoms with E-state index >= 15 is 0 Å². The van der Waals surface area contributed by atoms with E-state index in [4.69, 9.17) is 9.47 Å². The Bertz CT molecular complexity index is 1140. The smallest absolute Gasteiger partial charge is 0.408 e. The van der Waals surface area contributed by atoms with Crippen molar-refractivity contribution in [1.82, 2.24) is 10.2 Å². The standard InChI is InChI=1S/C33H49N3O5S/c1-9-10-11-12-21-36(31(38)27(20-22-42-8)35-32(39)41-33(4,5)6)29(28-23(2)14-13-15-24(28)3)30(37)34-25-16-18-26(40-7)19-17-25/h13-19,27,29H,9-12,20-22H2,1-8H3,(H,34,37)(H,35,39). The Hall–Kier alpha value is -3.20. The number of hydrogen-bond acceptors (Lipinski definition) is 6. The summed E-state index contributed by atoms with van der Waals surface area (Å²) >= 11 is 1.59. The number of anilines is 1. The second-order valence-electron chi connectivity index (χ2n) is 11.5. The summed E-state index contributed by atoms with van der Waals surface area (Å²) in [5.41, 5.74) is 2.50. The van der Waals surface area contributed by atoms with Gasteiger partial charge in [0.2, 0.25) is 5.91 Å². The zero-order chi connectivity index (χ0) is 31.3. The predicted molar refractivity (Wildman–Crippen MR) is 172 cm³/mol. The molecule has 0 saturated heterocycles. The zero-order valence-corrected chi connectivity index (χ0v) is 27.4. The van der Waals surface area contributed by atoms with E-state index in [9.17, 15) is 14.4 Å². The molecule has 0 aliphatic heterocycles. The molecule has 0 aliphatic carbocycles. The lowest BCUT2D eigenvalue weighted by Gasteiger charge is -2.36. The maximum Gasteiger partial charge on any atom is 0.408 e. The lowest BCUT2D eigenvalue weighted by atomic mass is 9.93. The molecule has 0 spiro atoms. The molecule has 2 N–H and O–H groups in total. The van der Waals surface area contributed by atoms with Crippen LogP contribution < -0.4 is 15.4 Å². The highest BCUT2D eigenvalue weighted by molar-refractivity contribution is 7.98. The fraction of sp³-hybridized carbons (Fsp3) is 0.545. The van der Waals surface area contributed by atoms with Gasteiger partial charge < -0.3 is 25.0 Å². The number of nitrogens with zero attached hydrogens (tertiary/aromatic N) is 1.